The molecule has 0 spiro atoms. The number of pyridine rings is 1. The van der Waals surface area contributed by atoms with E-state index in [0.29, 0.717) is 29.9 Å². The maximum Gasteiger partial charge on any atom is 0.326 e. The molecule has 2 aromatic carbocycles. The molecular formula is C27H23N3O4. The molecule has 0 aliphatic carbocycles. The molecule has 1 aliphatic heterocycles. The fraction of sp³-hybridized carbons (Fsp3) is 0.148. The van der Waals surface area contributed by atoms with E-state index in [0.717, 1.165) is 23.2 Å². The van der Waals surface area contributed by atoms with E-state index in [-0.39, 0.29) is 0 Å². The molecule has 0 radical (unpaired) electrons. The van der Waals surface area contributed by atoms with Crippen molar-refractivity contribution in [3.05, 3.63) is 90.8 Å². The van der Waals surface area contributed by atoms with Crippen molar-refractivity contribution in [2.24, 2.45) is 0 Å². The number of carboxylic acids is 1. The van der Waals surface area contributed by atoms with Crippen molar-refractivity contribution in [1.29, 1.82) is 0 Å². The number of carbonyl (C=O) groups is 3. The average Bonchev–Trinajstić information content (AvgIpc) is 3.50. The Kier molecular flexibility index (Phi) is 5.59. The van der Waals surface area contributed by atoms with Crippen LogP contribution in [0.25, 0.3) is 16.6 Å². The molecule has 1 unspecified atom stereocenters. The van der Waals surface area contributed by atoms with Crippen LogP contribution in [0, 0.1) is 0 Å². The summed E-state index contributed by atoms with van der Waals surface area (Å²) in [5, 5.41) is 12.1. The van der Waals surface area contributed by atoms with Crippen LogP contribution < -0.4 is 10.2 Å². The second kappa shape index (κ2) is 8.86. The normalized spacial score (nSPS) is 15.4. The van der Waals surface area contributed by atoms with Crippen LogP contribution in [0.1, 0.15) is 23.3 Å². The first-order valence-corrected chi connectivity index (χ1v) is 11.1. The summed E-state index contributed by atoms with van der Waals surface area (Å²) in [7, 11) is 0. The predicted octanol–water partition coefficient (Wildman–Crippen LogP) is 4.48. The Hall–Kier alpha value is -4.39. The topological polar surface area (TPSA) is 91.1 Å². The second-order valence-electron chi connectivity index (χ2n) is 8.29. The highest BCUT2D eigenvalue weighted by molar-refractivity contribution is 6.47. The lowest BCUT2D eigenvalue weighted by atomic mass is 10.0. The summed E-state index contributed by atoms with van der Waals surface area (Å²) in [4.78, 5) is 39.6. The number of carbonyl (C=O) groups excluding carboxylic acids is 2. The van der Waals surface area contributed by atoms with Crippen molar-refractivity contribution in [2.75, 3.05) is 16.8 Å². The minimum atomic E-state index is -0.839. The van der Waals surface area contributed by atoms with Gasteiger partial charge in [0.2, 0.25) is 0 Å². The number of carboxylic acid groups (broad SMARTS) is 1. The van der Waals surface area contributed by atoms with Crippen molar-refractivity contribution >= 4 is 34.6 Å². The summed E-state index contributed by atoms with van der Waals surface area (Å²) in [5.74, 6) is -2.22. The van der Waals surface area contributed by atoms with Crippen LogP contribution in [0.4, 0.5) is 11.4 Å². The minimum Gasteiger partial charge on any atom is -0.480 e. The molecule has 0 saturated carbocycles. The van der Waals surface area contributed by atoms with E-state index < -0.39 is 23.7 Å². The van der Waals surface area contributed by atoms with Gasteiger partial charge in [-0.25, -0.2) is 4.79 Å². The smallest absolute Gasteiger partial charge is 0.326 e. The minimum absolute atomic E-state index is 0.303. The van der Waals surface area contributed by atoms with Gasteiger partial charge in [-0.2, -0.15) is 0 Å². The van der Waals surface area contributed by atoms with Crippen molar-refractivity contribution in [2.45, 2.75) is 18.9 Å². The number of nitrogens with one attached hydrogen (secondary N) is 1. The van der Waals surface area contributed by atoms with Gasteiger partial charge in [0.05, 0.1) is 0 Å². The van der Waals surface area contributed by atoms with E-state index in [1.807, 2.05) is 59.5 Å². The van der Waals surface area contributed by atoms with Crippen molar-refractivity contribution in [1.82, 2.24) is 4.40 Å². The number of ketones is 1. The molecule has 2 aromatic heterocycles. The molecule has 5 rings (SSSR count). The van der Waals surface area contributed by atoms with Gasteiger partial charge in [0.25, 0.3) is 11.7 Å². The summed E-state index contributed by atoms with van der Waals surface area (Å²) >= 11 is 0. The quantitative estimate of drug-likeness (QED) is 0.332. The number of aliphatic carboxylic acids is 1. The monoisotopic (exact) mass is 453 g/mol. The first kappa shape index (κ1) is 21.5. The number of aromatic nitrogens is 1. The summed E-state index contributed by atoms with van der Waals surface area (Å²) in [6.07, 6.45) is 3.20. The Morgan fingerprint density at radius 1 is 0.912 bits per heavy atom. The molecule has 3 heterocycles. The Balaban J connectivity index is 1.40. The van der Waals surface area contributed by atoms with Crippen LogP contribution in [0.5, 0.6) is 0 Å². The zero-order valence-corrected chi connectivity index (χ0v) is 18.3. The Morgan fingerprint density at radius 3 is 2.38 bits per heavy atom. The zero-order valence-electron chi connectivity index (χ0n) is 18.3. The molecule has 1 atom stereocenters. The highest BCUT2D eigenvalue weighted by Crippen LogP contribution is 2.29. The number of hydrogen-bond acceptors (Lipinski definition) is 4. The van der Waals surface area contributed by atoms with E-state index in [4.69, 9.17) is 0 Å². The molecule has 1 aliphatic rings. The van der Waals surface area contributed by atoms with Gasteiger partial charge < -0.3 is 19.7 Å². The number of hydrogen-bond donors (Lipinski definition) is 2. The van der Waals surface area contributed by atoms with E-state index in [1.54, 1.807) is 34.9 Å². The SMILES string of the molecule is O=C(Nc1ccc(N2CCCC2C(=O)O)cc1)C(=O)c1c(-c2ccccc2)cc2ccccn12. The molecule has 1 fully saturated rings. The van der Waals surface area contributed by atoms with E-state index in [9.17, 15) is 19.5 Å². The van der Waals surface area contributed by atoms with Crippen molar-refractivity contribution < 1.29 is 19.5 Å². The van der Waals surface area contributed by atoms with Crippen LogP contribution in [0.2, 0.25) is 0 Å². The van der Waals surface area contributed by atoms with Gasteiger partial charge in [-0.05, 0) is 60.9 Å². The summed E-state index contributed by atoms with van der Waals surface area (Å²) in [5.41, 5.74) is 3.91. The molecule has 4 aromatic rings. The third-order valence-corrected chi connectivity index (χ3v) is 6.18. The number of anilines is 2. The van der Waals surface area contributed by atoms with Gasteiger partial charge in [-0.3, -0.25) is 9.59 Å². The van der Waals surface area contributed by atoms with E-state index in [2.05, 4.69) is 5.32 Å². The molecule has 0 bridgehead atoms. The van der Waals surface area contributed by atoms with E-state index in [1.165, 1.54) is 0 Å². The second-order valence-corrected chi connectivity index (χ2v) is 8.29. The predicted molar refractivity (Wildman–Crippen MR) is 130 cm³/mol. The highest BCUT2D eigenvalue weighted by Gasteiger charge is 2.30. The highest BCUT2D eigenvalue weighted by atomic mass is 16.4. The molecule has 7 nitrogen and oxygen atoms in total. The summed E-state index contributed by atoms with van der Waals surface area (Å²) in [6, 6.07) is 23.4. The Labute approximate surface area is 196 Å². The maximum atomic E-state index is 13.3. The van der Waals surface area contributed by atoms with Crippen molar-refractivity contribution in [3.63, 3.8) is 0 Å². The maximum absolute atomic E-state index is 13.3. The molecule has 1 amide bonds. The van der Waals surface area contributed by atoms with Crippen LogP contribution in [-0.4, -0.2) is 39.8 Å². The lowest BCUT2D eigenvalue weighted by Crippen LogP contribution is -2.35. The number of nitrogens with zero attached hydrogens (tertiary/aromatic N) is 2. The lowest BCUT2D eigenvalue weighted by molar-refractivity contribution is -0.138. The van der Waals surface area contributed by atoms with Gasteiger partial charge in [-0.1, -0.05) is 36.4 Å². The number of rotatable bonds is 6. The summed E-state index contributed by atoms with van der Waals surface area (Å²) < 4.78 is 1.73. The summed E-state index contributed by atoms with van der Waals surface area (Å²) in [6.45, 7) is 0.671. The van der Waals surface area contributed by atoms with Crippen LogP contribution in [0.3, 0.4) is 0 Å². The molecule has 1 saturated heterocycles. The fourth-order valence-corrected chi connectivity index (χ4v) is 4.56. The van der Waals surface area contributed by atoms with Gasteiger partial charge in [0, 0.05) is 35.2 Å². The van der Waals surface area contributed by atoms with Crippen LogP contribution in [-0.2, 0) is 9.59 Å². The third kappa shape index (κ3) is 3.92. The van der Waals surface area contributed by atoms with E-state index >= 15 is 0 Å². The lowest BCUT2D eigenvalue weighted by Gasteiger charge is -2.23. The largest absolute Gasteiger partial charge is 0.480 e. The molecule has 7 heteroatoms. The first-order chi connectivity index (χ1) is 16.5. The Morgan fingerprint density at radius 2 is 1.65 bits per heavy atom. The van der Waals surface area contributed by atoms with Gasteiger partial charge >= 0.3 is 5.97 Å². The molecule has 2 N–H and O–H groups in total. The standard InChI is InChI=1S/C27H23N3O4/c31-25(24-22(18-7-2-1-3-8-18)17-21-9-4-5-15-30(21)24)26(32)28-19-11-13-20(14-12-19)29-16-6-10-23(29)27(33)34/h1-5,7-9,11-15,17,23H,6,10,16H2,(H,28,32)(H,33,34). The Bertz CT molecular complexity index is 1380. The fourth-order valence-electron chi connectivity index (χ4n) is 4.56. The zero-order chi connectivity index (χ0) is 23.7. The molecule has 170 valence electrons. The van der Waals surface area contributed by atoms with Crippen LogP contribution in [0.15, 0.2) is 85.1 Å². The van der Waals surface area contributed by atoms with Gasteiger partial charge in [0.15, 0.2) is 0 Å². The number of Topliss-reactive ketones (excluding diaryl/α,β-unsaturated/α-hetero) is 1. The molecular weight excluding hydrogens is 430 g/mol. The van der Waals surface area contributed by atoms with Gasteiger partial charge in [-0.15, -0.1) is 0 Å². The number of amides is 1. The number of fused-ring (bicyclic) bond motifs is 1. The average molecular weight is 453 g/mol. The van der Waals surface area contributed by atoms with Crippen molar-refractivity contribution in [3.8, 4) is 11.1 Å². The van der Waals surface area contributed by atoms with Crippen LogP contribution >= 0.6 is 0 Å². The molecule has 34 heavy (non-hydrogen) atoms. The number of benzene rings is 2. The first-order valence-electron chi connectivity index (χ1n) is 11.1. The third-order valence-electron chi connectivity index (χ3n) is 6.18. The van der Waals surface area contributed by atoms with Gasteiger partial charge in [0.1, 0.15) is 11.7 Å².